The topological polar surface area (TPSA) is 70.8 Å². The van der Waals surface area contributed by atoms with Gasteiger partial charge in [0, 0.05) is 0 Å². The quantitative estimate of drug-likeness (QED) is 0.868. The van der Waals surface area contributed by atoms with Gasteiger partial charge in [0.15, 0.2) is 0 Å². The van der Waals surface area contributed by atoms with Crippen molar-refractivity contribution in [2.75, 3.05) is 0 Å². The molecule has 1 aliphatic rings. The molecule has 2 rings (SSSR count). The van der Waals surface area contributed by atoms with Crippen LogP contribution in [0, 0.1) is 0 Å². The summed E-state index contributed by atoms with van der Waals surface area (Å²) in [6.45, 7) is 10.0. The number of ether oxygens (including phenoxy) is 1. The predicted molar refractivity (Wildman–Crippen MR) is 85.9 cm³/mol. The molecule has 1 heterocycles. The molecule has 0 saturated carbocycles. The summed E-state index contributed by atoms with van der Waals surface area (Å²) >= 11 is 0. The molecule has 1 aromatic rings. The second-order valence-electron chi connectivity index (χ2n) is 6.59. The van der Waals surface area contributed by atoms with Crippen molar-refractivity contribution in [1.82, 2.24) is 0 Å². The Hall–Kier alpha value is -1.53. The van der Waals surface area contributed by atoms with Gasteiger partial charge in [-0.3, -0.25) is 0 Å². The fraction of sp³-hybridized carbons (Fsp3) is 0.562. The molecule has 1 aromatic carbocycles. The van der Waals surface area contributed by atoms with Crippen molar-refractivity contribution in [1.29, 1.82) is 0 Å². The summed E-state index contributed by atoms with van der Waals surface area (Å²) in [5.41, 5.74) is 6.21. The highest BCUT2D eigenvalue weighted by Crippen LogP contribution is 2.36. The van der Waals surface area contributed by atoms with Gasteiger partial charge in [-0.05, 0) is 45.1 Å². The molecule has 1 amide bonds. The van der Waals surface area contributed by atoms with Gasteiger partial charge in [-0.1, -0.05) is 31.2 Å². The second kappa shape index (κ2) is 5.93. The highest BCUT2D eigenvalue weighted by Gasteiger charge is 2.51. The third kappa shape index (κ3) is 3.28. The molecular formula is C16H24BNO4. The molecule has 0 spiro atoms. The van der Waals surface area contributed by atoms with Gasteiger partial charge < -0.3 is 19.8 Å². The highest BCUT2D eigenvalue weighted by atomic mass is 16.7. The standard InChI is InChI=1S/C16H24BNO4/c1-6-13(20-14(18)19)11-7-9-12(10-8-11)17-21-15(2,3)16(4,5)22-17/h7-10,13H,6H2,1-5H3,(H2,18,19)/t13-/m0/s1. The van der Waals surface area contributed by atoms with Crippen LogP contribution >= 0.6 is 0 Å². The van der Waals surface area contributed by atoms with Crippen molar-refractivity contribution in [2.24, 2.45) is 5.73 Å². The molecule has 5 nitrogen and oxygen atoms in total. The summed E-state index contributed by atoms with van der Waals surface area (Å²) in [7, 11) is -0.392. The molecule has 1 atom stereocenters. The molecular weight excluding hydrogens is 281 g/mol. The zero-order valence-corrected chi connectivity index (χ0v) is 13.9. The molecule has 1 saturated heterocycles. The molecule has 0 bridgehead atoms. The predicted octanol–water partition coefficient (Wildman–Crippen LogP) is 2.53. The largest absolute Gasteiger partial charge is 0.494 e. The lowest BCUT2D eigenvalue weighted by Crippen LogP contribution is -2.41. The smallest absolute Gasteiger partial charge is 0.442 e. The third-order valence-electron chi connectivity index (χ3n) is 4.46. The van der Waals surface area contributed by atoms with E-state index in [-0.39, 0.29) is 17.3 Å². The number of amides is 1. The fourth-order valence-corrected chi connectivity index (χ4v) is 2.37. The molecule has 22 heavy (non-hydrogen) atoms. The Balaban J connectivity index is 2.15. The van der Waals surface area contributed by atoms with Gasteiger partial charge in [0.1, 0.15) is 6.10 Å². The number of hydrogen-bond donors (Lipinski definition) is 1. The van der Waals surface area contributed by atoms with E-state index in [1.54, 1.807) is 0 Å². The van der Waals surface area contributed by atoms with Crippen molar-refractivity contribution < 1.29 is 18.8 Å². The number of nitrogens with two attached hydrogens (primary N) is 1. The number of rotatable bonds is 4. The zero-order valence-electron chi connectivity index (χ0n) is 13.9. The molecule has 2 N–H and O–H groups in total. The minimum atomic E-state index is -0.762. The molecule has 1 aliphatic heterocycles. The van der Waals surface area contributed by atoms with Gasteiger partial charge in [0.25, 0.3) is 0 Å². The molecule has 120 valence electrons. The average Bonchev–Trinajstić information content (AvgIpc) is 2.65. The maximum absolute atomic E-state index is 10.9. The lowest BCUT2D eigenvalue weighted by atomic mass is 9.78. The van der Waals surface area contributed by atoms with E-state index in [2.05, 4.69) is 0 Å². The normalized spacial score (nSPS) is 20.7. The summed E-state index contributed by atoms with van der Waals surface area (Å²) in [6, 6.07) is 7.70. The lowest BCUT2D eigenvalue weighted by molar-refractivity contribution is 0.00578. The number of hydrogen-bond acceptors (Lipinski definition) is 4. The van der Waals surface area contributed by atoms with E-state index in [9.17, 15) is 4.79 Å². The number of carbonyl (C=O) groups excluding carboxylic acids is 1. The van der Waals surface area contributed by atoms with E-state index >= 15 is 0 Å². The second-order valence-corrected chi connectivity index (χ2v) is 6.59. The fourth-order valence-electron chi connectivity index (χ4n) is 2.37. The van der Waals surface area contributed by atoms with Crippen LogP contribution in [0.15, 0.2) is 24.3 Å². The van der Waals surface area contributed by atoms with Gasteiger partial charge in [0.2, 0.25) is 0 Å². The molecule has 0 radical (unpaired) electrons. The number of benzene rings is 1. The van der Waals surface area contributed by atoms with Crippen LogP contribution in [-0.2, 0) is 14.0 Å². The van der Waals surface area contributed by atoms with Crippen LogP contribution in [0.1, 0.15) is 52.7 Å². The summed E-state index contributed by atoms with van der Waals surface area (Å²) in [5, 5.41) is 0. The molecule has 0 unspecified atom stereocenters. The summed E-state index contributed by atoms with van der Waals surface area (Å²) < 4.78 is 17.1. The Labute approximate surface area is 132 Å². The van der Waals surface area contributed by atoms with Crippen molar-refractivity contribution in [3.63, 3.8) is 0 Å². The SMILES string of the molecule is CC[C@H](OC(N)=O)c1ccc(B2OC(C)(C)C(C)(C)O2)cc1. The van der Waals surface area contributed by atoms with Crippen molar-refractivity contribution in [3.8, 4) is 0 Å². The lowest BCUT2D eigenvalue weighted by Gasteiger charge is -2.32. The average molecular weight is 305 g/mol. The number of carbonyl (C=O) groups is 1. The first-order valence-electron chi connectivity index (χ1n) is 7.58. The monoisotopic (exact) mass is 305 g/mol. The van der Waals surface area contributed by atoms with Gasteiger partial charge in [-0.2, -0.15) is 0 Å². The van der Waals surface area contributed by atoms with E-state index in [0.29, 0.717) is 6.42 Å². The van der Waals surface area contributed by atoms with Crippen molar-refractivity contribution in [3.05, 3.63) is 29.8 Å². The van der Waals surface area contributed by atoms with Crippen LogP contribution in [0.4, 0.5) is 4.79 Å². The van der Waals surface area contributed by atoms with Gasteiger partial charge in [-0.25, -0.2) is 4.79 Å². The maximum atomic E-state index is 10.9. The zero-order chi connectivity index (χ0) is 16.5. The Morgan fingerprint density at radius 2 is 1.68 bits per heavy atom. The summed E-state index contributed by atoms with van der Waals surface area (Å²) in [5.74, 6) is 0. The third-order valence-corrected chi connectivity index (χ3v) is 4.46. The molecule has 0 aliphatic carbocycles. The Bertz CT molecular complexity index is 526. The number of primary amides is 1. The van der Waals surface area contributed by atoms with E-state index in [1.165, 1.54) is 0 Å². The minimum Gasteiger partial charge on any atom is -0.442 e. The van der Waals surface area contributed by atoms with E-state index in [1.807, 2.05) is 58.9 Å². The van der Waals surface area contributed by atoms with Gasteiger partial charge >= 0.3 is 13.2 Å². The van der Waals surface area contributed by atoms with Crippen LogP contribution in [-0.4, -0.2) is 24.4 Å². The minimum absolute atomic E-state index is 0.329. The Kier molecular flexibility index (Phi) is 4.54. The first-order chi connectivity index (χ1) is 10.2. The van der Waals surface area contributed by atoms with Crippen molar-refractivity contribution >= 4 is 18.7 Å². The summed E-state index contributed by atoms with van der Waals surface area (Å²) in [6.07, 6.45) is -0.426. The molecule has 1 fully saturated rings. The Morgan fingerprint density at radius 1 is 1.18 bits per heavy atom. The Morgan fingerprint density at radius 3 is 2.09 bits per heavy atom. The first kappa shape index (κ1) is 16.8. The molecule has 6 heteroatoms. The van der Waals surface area contributed by atoms with E-state index in [4.69, 9.17) is 19.8 Å². The van der Waals surface area contributed by atoms with Gasteiger partial charge in [-0.15, -0.1) is 0 Å². The van der Waals surface area contributed by atoms with E-state index < -0.39 is 13.2 Å². The first-order valence-corrected chi connectivity index (χ1v) is 7.58. The van der Waals surface area contributed by atoms with Crippen LogP contribution < -0.4 is 11.2 Å². The summed E-state index contributed by atoms with van der Waals surface area (Å²) in [4.78, 5) is 10.9. The van der Waals surface area contributed by atoms with Crippen LogP contribution in [0.25, 0.3) is 0 Å². The van der Waals surface area contributed by atoms with Crippen LogP contribution in [0.3, 0.4) is 0 Å². The van der Waals surface area contributed by atoms with Gasteiger partial charge in [0.05, 0.1) is 11.2 Å². The highest BCUT2D eigenvalue weighted by molar-refractivity contribution is 6.62. The van der Waals surface area contributed by atoms with E-state index in [0.717, 1.165) is 11.0 Å². The van der Waals surface area contributed by atoms with Crippen LogP contribution in [0.5, 0.6) is 0 Å². The molecule has 0 aromatic heterocycles. The maximum Gasteiger partial charge on any atom is 0.494 e. The van der Waals surface area contributed by atoms with Crippen molar-refractivity contribution in [2.45, 2.75) is 58.3 Å². The van der Waals surface area contributed by atoms with Crippen LogP contribution in [0.2, 0.25) is 0 Å².